The molecule has 0 atom stereocenters. The molecule has 3 nitrogen and oxygen atoms in total. The smallest absolute Gasteiger partial charge is 0.250 e. The van der Waals surface area contributed by atoms with Gasteiger partial charge in [0.2, 0.25) is 0 Å². The van der Waals surface area contributed by atoms with Gasteiger partial charge in [0.15, 0.2) is 0 Å². The van der Waals surface area contributed by atoms with Gasteiger partial charge in [-0.15, -0.1) is 5.73 Å². The number of carbonyl (C=O) groups excluding carboxylic acids is 1. The van der Waals surface area contributed by atoms with E-state index >= 15 is 0 Å². The van der Waals surface area contributed by atoms with Gasteiger partial charge in [0.1, 0.15) is 0 Å². The molecule has 1 rings (SSSR count). The minimum atomic E-state index is -0.508. The van der Waals surface area contributed by atoms with Crippen LogP contribution in [0.4, 0.5) is 0 Å². The van der Waals surface area contributed by atoms with Crippen molar-refractivity contribution in [2.75, 3.05) is 0 Å². The molecule has 10 heavy (non-hydrogen) atoms. The number of hydrogen-bond acceptors (Lipinski definition) is 2. The molecule has 0 aromatic heterocycles. The Morgan fingerprint density at radius 2 is 2.50 bits per heavy atom. The molecule has 0 radical (unpaired) electrons. The van der Waals surface area contributed by atoms with Crippen molar-refractivity contribution in [1.29, 1.82) is 0 Å². The van der Waals surface area contributed by atoms with Gasteiger partial charge in [0.25, 0.3) is 5.91 Å². The van der Waals surface area contributed by atoms with Crippen LogP contribution in [0.1, 0.15) is 0 Å². The molecular formula is C6H5ClN2O. The minimum Gasteiger partial charge on any atom is -0.366 e. The summed E-state index contributed by atoms with van der Waals surface area (Å²) in [5.41, 5.74) is 7.94. The number of carbonyl (C=O) groups is 1. The topological polar surface area (TPSA) is 46.3 Å². The first-order chi connectivity index (χ1) is 4.70. The molecule has 0 aromatic carbocycles. The summed E-state index contributed by atoms with van der Waals surface area (Å²) in [5, 5.41) is 0. The Morgan fingerprint density at radius 3 is 2.90 bits per heavy atom. The predicted molar refractivity (Wildman–Crippen MR) is 37.6 cm³/mol. The molecule has 0 unspecified atom stereocenters. The fourth-order valence-electron chi connectivity index (χ4n) is 0.540. The lowest BCUT2D eigenvalue weighted by molar-refractivity contribution is -0.114. The standard InChI is InChI=1S/C6H5ClN2O/c7-9-3-1-2-5(4-9)6(8)10/h2-4H,(H2,8,10). The van der Waals surface area contributed by atoms with Gasteiger partial charge in [0, 0.05) is 18.0 Å². The molecule has 1 aliphatic heterocycles. The Morgan fingerprint density at radius 1 is 1.80 bits per heavy atom. The number of nitrogens with zero attached hydrogens (tertiary/aromatic N) is 1. The zero-order valence-corrected chi connectivity index (χ0v) is 5.80. The summed E-state index contributed by atoms with van der Waals surface area (Å²) in [4.78, 5) is 10.5. The molecule has 2 N–H and O–H groups in total. The van der Waals surface area contributed by atoms with Gasteiger partial charge in [-0.25, -0.2) is 0 Å². The highest BCUT2D eigenvalue weighted by Gasteiger charge is 2.03. The van der Waals surface area contributed by atoms with Crippen molar-refractivity contribution in [1.82, 2.24) is 4.42 Å². The van der Waals surface area contributed by atoms with Gasteiger partial charge >= 0.3 is 0 Å². The second-order valence-electron chi connectivity index (χ2n) is 1.73. The van der Waals surface area contributed by atoms with Gasteiger partial charge in [-0.3, -0.25) is 9.21 Å². The molecule has 1 heterocycles. The van der Waals surface area contributed by atoms with Crippen molar-refractivity contribution in [3.8, 4) is 0 Å². The largest absolute Gasteiger partial charge is 0.366 e. The van der Waals surface area contributed by atoms with Crippen LogP contribution in [0.25, 0.3) is 0 Å². The second kappa shape index (κ2) is 2.60. The van der Waals surface area contributed by atoms with Crippen LogP contribution in [-0.2, 0) is 4.79 Å². The maximum atomic E-state index is 10.5. The first-order valence-corrected chi connectivity index (χ1v) is 2.92. The van der Waals surface area contributed by atoms with E-state index in [0.717, 1.165) is 0 Å². The third kappa shape index (κ3) is 1.41. The molecule has 0 bridgehead atoms. The Balaban J connectivity index is 2.91. The number of halogens is 1. The summed E-state index contributed by atoms with van der Waals surface area (Å²) in [6.45, 7) is 0. The lowest BCUT2D eigenvalue weighted by Gasteiger charge is -2.05. The third-order valence-electron chi connectivity index (χ3n) is 0.984. The number of primary amides is 1. The van der Waals surface area contributed by atoms with Crippen LogP contribution in [0, 0.1) is 0 Å². The van der Waals surface area contributed by atoms with E-state index < -0.39 is 5.91 Å². The Kier molecular flexibility index (Phi) is 1.81. The fourth-order valence-corrected chi connectivity index (χ4v) is 0.702. The van der Waals surface area contributed by atoms with E-state index in [1.54, 1.807) is 0 Å². The minimum absolute atomic E-state index is 0.345. The van der Waals surface area contributed by atoms with Crippen LogP contribution in [0.3, 0.4) is 0 Å². The van der Waals surface area contributed by atoms with Crippen molar-refractivity contribution in [3.63, 3.8) is 0 Å². The maximum absolute atomic E-state index is 10.5. The zero-order chi connectivity index (χ0) is 7.56. The average molecular weight is 157 g/mol. The van der Waals surface area contributed by atoms with Crippen LogP contribution in [0.5, 0.6) is 0 Å². The summed E-state index contributed by atoms with van der Waals surface area (Å²) < 4.78 is 1.19. The van der Waals surface area contributed by atoms with E-state index in [-0.39, 0.29) is 0 Å². The van der Waals surface area contributed by atoms with E-state index in [0.29, 0.717) is 5.57 Å². The van der Waals surface area contributed by atoms with Crippen molar-refractivity contribution in [3.05, 3.63) is 29.8 Å². The normalized spacial score (nSPS) is 15.3. The zero-order valence-electron chi connectivity index (χ0n) is 5.04. The highest BCUT2D eigenvalue weighted by molar-refractivity contribution is 6.15. The number of amides is 1. The number of hydrogen-bond donors (Lipinski definition) is 1. The molecule has 4 heteroatoms. The molecule has 0 aliphatic carbocycles. The van der Waals surface area contributed by atoms with Gasteiger partial charge < -0.3 is 5.73 Å². The van der Waals surface area contributed by atoms with Crippen LogP contribution < -0.4 is 5.73 Å². The molecule has 0 saturated carbocycles. The van der Waals surface area contributed by atoms with E-state index in [2.05, 4.69) is 5.73 Å². The summed E-state index contributed by atoms with van der Waals surface area (Å²) in [6.07, 6.45) is 4.37. The quantitative estimate of drug-likeness (QED) is 0.444. The summed E-state index contributed by atoms with van der Waals surface area (Å²) in [5.74, 6) is -0.508. The van der Waals surface area contributed by atoms with Gasteiger partial charge in [0.05, 0.1) is 11.8 Å². The monoisotopic (exact) mass is 156 g/mol. The van der Waals surface area contributed by atoms with Crippen molar-refractivity contribution in [2.45, 2.75) is 0 Å². The molecular weight excluding hydrogens is 152 g/mol. The van der Waals surface area contributed by atoms with Crippen LogP contribution in [0.15, 0.2) is 29.8 Å². The molecule has 1 aliphatic rings. The SMILES string of the molecule is NC(=O)C1=CN(Cl)C=C=C1. The molecule has 0 fully saturated rings. The second-order valence-corrected chi connectivity index (χ2v) is 2.12. The van der Waals surface area contributed by atoms with Crippen LogP contribution >= 0.6 is 11.8 Å². The average Bonchev–Trinajstić information content (AvgIpc) is 1.88. The van der Waals surface area contributed by atoms with Crippen molar-refractivity contribution in [2.24, 2.45) is 5.73 Å². The van der Waals surface area contributed by atoms with E-state index in [1.807, 2.05) is 0 Å². The third-order valence-corrected chi connectivity index (χ3v) is 1.18. The fraction of sp³-hybridized carbons (Fsp3) is 0. The summed E-state index contributed by atoms with van der Waals surface area (Å²) in [6, 6.07) is 0. The van der Waals surface area contributed by atoms with Crippen molar-refractivity contribution >= 4 is 17.7 Å². The lowest BCUT2D eigenvalue weighted by Crippen LogP contribution is -2.15. The highest BCUT2D eigenvalue weighted by atomic mass is 35.5. The Hall–Kier alpha value is -1.18. The van der Waals surface area contributed by atoms with Crippen LogP contribution in [-0.4, -0.2) is 10.3 Å². The molecule has 1 amide bonds. The molecule has 52 valence electrons. The number of nitrogens with two attached hydrogens (primary N) is 1. The van der Waals surface area contributed by atoms with E-state index in [4.69, 9.17) is 17.5 Å². The maximum Gasteiger partial charge on any atom is 0.250 e. The molecule has 0 spiro atoms. The van der Waals surface area contributed by atoms with Gasteiger partial charge in [-0.1, -0.05) is 0 Å². The van der Waals surface area contributed by atoms with E-state index in [9.17, 15) is 4.79 Å². The van der Waals surface area contributed by atoms with Gasteiger partial charge in [-0.2, -0.15) is 0 Å². The lowest BCUT2D eigenvalue weighted by atomic mass is 10.2. The highest BCUT2D eigenvalue weighted by Crippen LogP contribution is 2.06. The predicted octanol–water partition coefficient (Wildman–Crippen LogP) is 0.494. The molecule has 0 aromatic rings. The Bertz CT molecular complexity index is 250. The Labute approximate surface area is 63.2 Å². The first-order valence-electron chi connectivity index (χ1n) is 2.58. The van der Waals surface area contributed by atoms with Gasteiger partial charge in [-0.05, 0) is 6.08 Å². The van der Waals surface area contributed by atoms with E-state index in [1.165, 1.54) is 22.9 Å². The number of rotatable bonds is 1. The first kappa shape index (κ1) is 6.93. The molecule has 0 saturated heterocycles. The van der Waals surface area contributed by atoms with Crippen LogP contribution in [0.2, 0.25) is 0 Å². The summed E-state index contributed by atoms with van der Waals surface area (Å²) >= 11 is 5.47. The summed E-state index contributed by atoms with van der Waals surface area (Å²) in [7, 11) is 0. The van der Waals surface area contributed by atoms with Crippen molar-refractivity contribution < 1.29 is 4.79 Å².